The van der Waals surface area contributed by atoms with Crippen LogP contribution in [0.15, 0.2) is 53.5 Å². The Hall–Kier alpha value is -3.23. The molecule has 1 aliphatic rings. The van der Waals surface area contributed by atoms with Gasteiger partial charge in [-0.2, -0.15) is 13.2 Å². The molecule has 0 spiro atoms. The molecule has 5 nitrogen and oxygen atoms in total. The van der Waals surface area contributed by atoms with Gasteiger partial charge in [0.1, 0.15) is 11.5 Å². The lowest BCUT2D eigenvalue weighted by atomic mass is 9.96. The van der Waals surface area contributed by atoms with E-state index in [1.54, 1.807) is 4.90 Å². The van der Waals surface area contributed by atoms with Crippen molar-refractivity contribution in [2.24, 2.45) is 5.92 Å². The van der Waals surface area contributed by atoms with E-state index in [2.05, 4.69) is 4.98 Å². The van der Waals surface area contributed by atoms with Crippen LogP contribution in [0.2, 0.25) is 0 Å². The van der Waals surface area contributed by atoms with Crippen LogP contribution in [0.4, 0.5) is 17.6 Å². The molecule has 3 heterocycles. The third-order valence-electron chi connectivity index (χ3n) is 5.57. The lowest BCUT2D eigenvalue weighted by Crippen LogP contribution is -2.40. The Labute approximate surface area is 174 Å². The Morgan fingerprint density at radius 2 is 1.71 bits per heavy atom. The van der Waals surface area contributed by atoms with Gasteiger partial charge in [0.15, 0.2) is 0 Å². The minimum absolute atomic E-state index is 0.00999. The Balaban J connectivity index is 1.43. The van der Waals surface area contributed by atoms with Gasteiger partial charge in [0, 0.05) is 31.4 Å². The zero-order chi connectivity index (χ0) is 22.2. The minimum atomic E-state index is -4.57. The van der Waals surface area contributed by atoms with Crippen molar-refractivity contribution in [3.05, 3.63) is 76.1 Å². The number of aromatic nitrogens is 2. The average Bonchev–Trinajstić information content (AvgIpc) is 2.75. The number of fused-ring (bicyclic) bond motifs is 1. The molecule has 1 saturated heterocycles. The van der Waals surface area contributed by atoms with Crippen LogP contribution in [0.1, 0.15) is 28.9 Å². The topological polar surface area (TPSA) is 55.2 Å². The molecular formula is C22H19F4N3O2. The molecule has 1 amide bonds. The molecule has 0 radical (unpaired) electrons. The number of nitrogens with zero attached hydrogens (tertiary/aromatic N) is 3. The van der Waals surface area contributed by atoms with Gasteiger partial charge in [-0.25, -0.2) is 9.37 Å². The van der Waals surface area contributed by atoms with Crippen LogP contribution in [0.25, 0.3) is 10.9 Å². The molecule has 0 N–H and O–H groups in total. The maximum absolute atomic E-state index is 13.0. The number of alkyl halides is 3. The van der Waals surface area contributed by atoms with Crippen molar-refractivity contribution >= 4 is 16.8 Å². The van der Waals surface area contributed by atoms with Crippen molar-refractivity contribution in [1.82, 2.24) is 14.5 Å². The molecular weight excluding hydrogens is 414 g/mol. The highest BCUT2D eigenvalue weighted by Gasteiger charge is 2.32. The predicted octanol–water partition coefficient (Wildman–Crippen LogP) is 4.11. The summed E-state index contributed by atoms with van der Waals surface area (Å²) in [5.74, 6) is -0.413. The molecule has 3 aromatic rings. The second-order valence-corrected chi connectivity index (χ2v) is 7.64. The highest BCUT2D eigenvalue weighted by Crippen LogP contribution is 2.28. The van der Waals surface area contributed by atoms with Crippen LogP contribution in [0.3, 0.4) is 0 Å². The van der Waals surface area contributed by atoms with Crippen LogP contribution in [-0.4, -0.2) is 33.4 Å². The molecule has 1 fully saturated rings. The van der Waals surface area contributed by atoms with E-state index >= 15 is 0 Å². The fourth-order valence-corrected chi connectivity index (χ4v) is 3.84. The minimum Gasteiger partial charge on any atom is -0.339 e. The van der Waals surface area contributed by atoms with Crippen LogP contribution in [-0.2, 0) is 12.7 Å². The number of piperidine rings is 1. The number of carbonyl (C=O) groups is 1. The summed E-state index contributed by atoms with van der Waals surface area (Å²) < 4.78 is 53.0. The predicted molar refractivity (Wildman–Crippen MR) is 106 cm³/mol. The Bertz CT molecular complexity index is 1160. The molecule has 4 rings (SSSR count). The van der Waals surface area contributed by atoms with Crippen LogP contribution < -0.4 is 5.56 Å². The average molecular weight is 433 g/mol. The molecule has 0 aliphatic carbocycles. The summed E-state index contributed by atoms with van der Waals surface area (Å²) in [6, 6.07) is 8.80. The first kappa shape index (κ1) is 21.0. The van der Waals surface area contributed by atoms with E-state index < -0.39 is 17.7 Å². The highest BCUT2D eigenvalue weighted by atomic mass is 19.4. The van der Waals surface area contributed by atoms with Gasteiger partial charge in [-0.05, 0) is 61.2 Å². The molecule has 1 aromatic carbocycles. The second-order valence-electron chi connectivity index (χ2n) is 7.64. The van der Waals surface area contributed by atoms with Gasteiger partial charge >= 0.3 is 6.18 Å². The SMILES string of the molecule is O=C(c1ccc(F)cc1)N1CCC(Cn2ccc3nc(C(F)(F)F)ccc3c2=O)CC1. The number of pyridine rings is 2. The quantitative estimate of drug-likeness (QED) is 0.585. The van der Waals surface area contributed by atoms with Crippen molar-refractivity contribution in [2.75, 3.05) is 13.1 Å². The number of hydrogen-bond donors (Lipinski definition) is 0. The van der Waals surface area contributed by atoms with Gasteiger partial charge in [-0.15, -0.1) is 0 Å². The van der Waals surface area contributed by atoms with Crippen molar-refractivity contribution < 1.29 is 22.4 Å². The number of amides is 1. The zero-order valence-corrected chi connectivity index (χ0v) is 16.4. The van der Waals surface area contributed by atoms with Gasteiger partial charge in [-0.1, -0.05) is 0 Å². The molecule has 0 atom stereocenters. The van der Waals surface area contributed by atoms with E-state index in [-0.39, 0.29) is 28.3 Å². The largest absolute Gasteiger partial charge is 0.433 e. The Kier molecular flexibility index (Phi) is 5.51. The standard InChI is InChI=1S/C22H19F4N3O2/c23-16-3-1-15(2-4-16)20(30)28-10-7-14(8-11-28)13-29-12-9-18-17(21(29)31)5-6-19(27-18)22(24,25)26/h1-6,9,12,14H,7-8,10-11,13H2. The second kappa shape index (κ2) is 8.13. The molecule has 31 heavy (non-hydrogen) atoms. The number of carbonyl (C=O) groups excluding carboxylic acids is 1. The smallest absolute Gasteiger partial charge is 0.339 e. The summed E-state index contributed by atoms with van der Waals surface area (Å²) in [5, 5.41) is 0.138. The third kappa shape index (κ3) is 4.45. The lowest BCUT2D eigenvalue weighted by molar-refractivity contribution is -0.140. The van der Waals surface area contributed by atoms with Gasteiger partial charge in [-0.3, -0.25) is 9.59 Å². The van der Waals surface area contributed by atoms with Crippen molar-refractivity contribution in [3.63, 3.8) is 0 Å². The van der Waals surface area contributed by atoms with Gasteiger partial charge in [0.25, 0.3) is 11.5 Å². The van der Waals surface area contributed by atoms with Crippen molar-refractivity contribution in [3.8, 4) is 0 Å². The van der Waals surface area contributed by atoms with E-state index in [4.69, 9.17) is 0 Å². The fraction of sp³-hybridized carbons (Fsp3) is 0.318. The monoisotopic (exact) mass is 433 g/mol. The molecule has 162 valence electrons. The molecule has 0 bridgehead atoms. The van der Waals surface area contributed by atoms with E-state index in [9.17, 15) is 27.2 Å². The van der Waals surface area contributed by atoms with E-state index in [0.29, 0.717) is 38.0 Å². The zero-order valence-electron chi connectivity index (χ0n) is 16.4. The lowest BCUT2D eigenvalue weighted by Gasteiger charge is -2.32. The van der Waals surface area contributed by atoms with Gasteiger partial charge < -0.3 is 9.47 Å². The molecule has 9 heteroatoms. The summed E-state index contributed by atoms with van der Waals surface area (Å²) in [7, 11) is 0. The van der Waals surface area contributed by atoms with Crippen LogP contribution >= 0.6 is 0 Å². The summed E-state index contributed by atoms with van der Waals surface area (Å²) in [4.78, 5) is 30.5. The maximum Gasteiger partial charge on any atom is 0.433 e. The first-order valence-corrected chi connectivity index (χ1v) is 9.84. The Morgan fingerprint density at radius 3 is 2.35 bits per heavy atom. The van der Waals surface area contributed by atoms with Crippen LogP contribution in [0.5, 0.6) is 0 Å². The van der Waals surface area contributed by atoms with Crippen LogP contribution in [0, 0.1) is 11.7 Å². The number of rotatable bonds is 3. The number of halogens is 4. The first-order valence-electron chi connectivity index (χ1n) is 9.84. The summed E-state index contributed by atoms with van der Waals surface area (Å²) in [6.45, 7) is 1.44. The van der Waals surface area contributed by atoms with E-state index in [1.807, 2.05) is 0 Å². The van der Waals surface area contributed by atoms with E-state index in [1.165, 1.54) is 41.1 Å². The summed E-state index contributed by atoms with van der Waals surface area (Å²) >= 11 is 0. The number of hydrogen-bond acceptors (Lipinski definition) is 3. The number of benzene rings is 1. The maximum atomic E-state index is 13.0. The van der Waals surface area contributed by atoms with Crippen molar-refractivity contribution in [1.29, 1.82) is 0 Å². The first-order chi connectivity index (χ1) is 14.7. The fourth-order valence-electron chi connectivity index (χ4n) is 3.84. The summed E-state index contributed by atoms with van der Waals surface area (Å²) in [5.41, 5.74) is -0.981. The molecule has 1 aliphatic heterocycles. The Morgan fingerprint density at radius 1 is 1.03 bits per heavy atom. The van der Waals surface area contributed by atoms with Gasteiger partial charge in [0.2, 0.25) is 0 Å². The van der Waals surface area contributed by atoms with Gasteiger partial charge in [0.05, 0.1) is 10.9 Å². The molecule has 0 unspecified atom stereocenters. The van der Waals surface area contributed by atoms with Crippen molar-refractivity contribution in [2.45, 2.75) is 25.6 Å². The summed E-state index contributed by atoms with van der Waals surface area (Å²) in [6.07, 6.45) is -1.73. The molecule has 2 aromatic heterocycles. The third-order valence-corrected chi connectivity index (χ3v) is 5.57. The van der Waals surface area contributed by atoms with E-state index in [0.717, 1.165) is 12.1 Å². The molecule has 0 saturated carbocycles. The number of likely N-dealkylation sites (tertiary alicyclic amines) is 1. The normalized spacial score (nSPS) is 15.4. The highest BCUT2D eigenvalue weighted by molar-refractivity contribution is 5.94.